The summed E-state index contributed by atoms with van der Waals surface area (Å²) in [5.74, 6) is 0.474. The van der Waals surface area contributed by atoms with Crippen molar-refractivity contribution in [1.29, 1.82) is 0 Å². The third kappa shape index (κ3) is 3.05. The fourth-order valence-corrected chi connectivity index (χ4v) is 5.93. The Labute approximate surface area is 161 Å². The lowest BCUT2D eigenvalue weighted by Crippen LogP contribution is -2.41. The molecule has 0 aromatic heterocycles. The number of carbonyl (C=O) groups is 1. The Hall–Kier alpha value is -1.58. The van der Waals surface area contributed by atoms with Crippen LogP contribution in [0.15, 0.2) is 6.07 Å². The van der Waals surface area contributed by atoms with Gasteiger partial charge in [-0.15, -0.1) is 0 Å². The van der Waals surface area contributed by atoms with Crippen molar-refractivity contribution in [1.82, 2.24) is 5.32 Å². The number of hydrogen-bond donors (Lipinski definition) is 2. The highest BCUT2D eigenvalue weighted by atomic mass is 19.1. The van der Waals surface area contributed by atoms with Gasteiger partial charge in [0.25, 0.3) is 0 Å². The molecule has 1 unspecified atom stereocenters. The van der Waals surface area contributed by atoms with Crippen LogP contribution in [0.2, 0.25) is 0 Å². The predicted molar refractivity (Wildman–Crippen MR) is 105 cm³/mol. The van der Waals surface area contributed by atoms with Crippen LogP contribution in [0, 0.1) is 32.1 Å². The number of amides is 1. The van der Waals surface area contributed by atoms with Crippen molar-refractivity contribution in [3.8, 4) is 5.75 Å². The van der Waals surface area contributed by atoms with Crippen molar-refractivity contribution < 1.29 is 14.3 Å². The summed E-state index contributed by atoms with van der Waals surface area (Å²) < 4.78 is 15.0. The molecule has 3 nitrogen and oxygen atoms in total. The lowest BCUT2D eigenvalue weighted by atomic mass is 9.72. The normalized spacial score (nSPS) is 31.4. The van der Waals surface area contributed by atoms with Crippen LogP contribution in [0.5, 0.6) is 5.75 Å². The zero-order chi connectivity index (χ0) is 19.4. The van der Waals surface area contributed by atoms with Gasteiger partial charge in [-0.05, 0) is 99.5 Å². The first-order valence-corrected chi connectivity index (χ1v) is 10.5. The molecule has 3 aliphatic rings. The van der Waals surface area contributed by atoms with Gasteiger partial charge in [-0.1, -0.05) is 12.8 Å². The maximum Gasteiger partial charge on any atom is 0.223 e. The average molecular weight is 374 g/mol. The molecule has 1 aromatic rings. The van der Waals surface area contributed by atoms with E-state index in [0.717, 1.165) is 60.8 Å². The molecule has 4 heteroatoms. The Bertz CT molecular complexity index is 758. The van der Waals surface area contributed by atoms with Crippen LogP contribution < -0.4 is 5.32 Å². The van der Waals surface area contributed by atoms with E-state index in [4.69, 9.17) is 0 Å². The maximum atomic E-state index is 15.0. The third-order valence-electron chi connectivity index (χ3n) is 7.98. The number of phenols is 1. The molecule has 3 saturated carbocycles. The first-order chi connectivity index (χ1) is 12.7. The van der Waals surface area contributed by atoms with Crippen molar-refractivity contribution in [3.05, 3.63) is 28.3 Å². The van der Waals surface area contributed by atoms with Gasteiger partial charge in [-0.25, -0.2) is 4.39 Å². The second kappa shape index (κ2) is 6.49. The van der Waals surface area contributed by atoms with Gasteiger partial charge in [0.2, 0.25) is 5.91 Å². The second-order valence-electron chi connectivity index (χ2n) is 9.47. The highest BCUT2D eigenvalue weighted by molar-refractivity contribution is 5.79. The average Bonchev–Trinajstić information content (AvgIpc) is 3.36. The van der Waals surface area contributed by atoms with E-state index in [9.17, 15) is 9.90 Å². The van der Waals surface area contributed by atoms with Crippen molar-refractivity contribution in [2.24, 2.45) is 11.3 Å². The van der Waals surface area contributed by atoms with Crippen LogP contribution in [0.4, 0.5) is 4.39 Å². The Balaban J connectivity index is 1.74. The fraction of sp³-hybridized carbons (Fsp3) is 0.696. The molecule has 1 amide bonds. The zero-order valence-electron chi connectivity index (χ0n) is 16.8. The fourth-order valence-electron chi connectivity index (χ4n) is 5.93. The van der Waals surface area contributed by atoms with Gasteiger partial charge in [0.15, 0.2) is 0 Å². The third-order valence-corrected chi connectivity index (χ3v) is 7.98. The van der Waals surface area contributed by atoms with E-state index in [2.05, 4.69) is 12.2 Å². The topological polar surface area (TPSA) is 49.3 Å². The molecule has 148 valence electrons. The maximum absolute atomic E-state index is 15.0. The van der Waals surface area contributed by atoms with E-state index in [1.807, 2.05) is 19.9 Å². The highest BCUT2D eigenvalue weighted by Gasteiger charge is 2.59. The van der Waals surface area contributed by atoms with Gasteiger partial charge >= 0.3 is 0 Å². The molecule has 1 atom stereocenters. The number of nitrogens with one attached hydrogen (secondary N) is 1. The minimum atomic E-state index is -1.06. The number of fused-ring (bicyclic) bond motifs is 2. The van der Waals surface area contributed by atoms with Crippen LogP contribution >= 0.6 is 0 Å². The van der Waals surface area contributed by atoms with Crippen LogP contribution in [0.25, 0.3) is 0 Å². The minimum absolute atomic E-state index is 0.0855. The molecule has 0 spiro atoms. The number of hydrogen-bond acceptors (Lipinski definition) is 2. The molecule has 0 heterocycles. The first kappa shape index (κ1) is 18.8. The number of benzene rings is 1. The van der Waals surface area contributed by atoms with E-state index in [1.54, 1.807) is 0 Å². The number of aromatic hydroxyl groups is 1. The molecule has 0 aliphatic heterocycles. The van der Waals surface area contributed by atoms with E-state index in [1.165, 1.54) is 0 Å². The molecular weight excluding hydrogens is 341 g/mol. The van der Waals surface area contributed by atoms with Crippen molar-refractivity contribution in [3.63, 3.8) is 0 Å². The monoisotopic (exact) mass is 373 g/mol. The van der Waals surface area contributed by atoms with Gasteiger partial charge < -0.3 is 10.4 Å². The van der Waals surface area contributed by atoms with Gasteiger partial charge in [0.05, 0.1) is 6.04 Å². The second-order valence-corrected chi connectivity index (χ2v) is 9.47. The summed E-state index contributed by atoms with van der Waals surface area (Å²) in [6, 6.07) is 1.61. The summed E-state index contributed by atoms with van der Waals surface area (Å²) >= 11 is 0. The summed E-state index contributed by atoms with van der Waals surface area (Å²) in [5.41, 5.74) is 2.75. The van der Waals surface area contributed by atoms with E-state index < -0.39 is 5.67 Å². The number of rotatable bonds is 4. The van der Waals surface area contributed by atoms with Crippen LogP contribution in [0.1, 0.15) is 86.1 Å². The molecule has 0 radical (unpaired) electrons. The molecule has 27 heavy (non-hydrogen) atoms. The zero-order valence-corrected chi connectivity index (χ0v) is 16.8. The van der Waals surface area contributed by atoms with E-state index in [0.29, 0.717) is 19.3 Å². The Morgan fingerprint density at radius 2 is 1.74 bits per heavy atom. The standard InChI is InChI=1S/C23H32FNO2/c1-14-15(2)18(12-19(26)16(14)3)20(25-21(27)17-6-4-5-7-17)22-8-10-23(24,13-22)11-9-22/h12,17,20,26H,4-11,13H2,1-3H3,(H,25,27). The van der Waals surface area contributed by atoms with Gasteiger partial charge in [-0.2, -0.15) is 0 Å². The number of carbonyl (C=O) groups excluding carboxylic acids is 1. The lowest BCUT2D eigenvalue weighted by Gasteiger charge is -2.38. The Morgan fingerprint density at radius 1 is 1.11 bits per heavy atom. The number of alkyl halides is 1. The summed E-state index contributed by atoms with van der Waals surface area (Å²) in [4.78, 5) is 13.0. The number of halogens is 1. The van der Waals surface area contributed by atoms with Crippen molar-refractivity contribution in [2.45, 2.75) is 90.3 Å². The van der Waals surface area contributed by atoms with Crippen molar-refractivity contribution >= 4 is 5.91 Å². The van der Waals surface area contributed by atoms with E-state index >= 15 is 4.39 Å². The summed E-state index contributed by atoms with van der Waals surface area (Å²) in [5, 5.41) is 13.8. The largest absolute Gasteiger partial charge is 0.508 e. The highest BCUT2D eigenvalue weighted by Crippen LogP contribution is 2.63. The van der Waals surface area contributed by atoms with Crippen molar-refractivity contribution in [2.75, 3.05) is 0 Å². The molecule has 2 N–H and O–H groups in total. The molecule has 2 bridgehead atoms. The first-order valence-electron chi connectivity index (χ1n) is 10.5. The summed E-state index contributed by atoms with van der Waals surface area (Å²) in [6.45, 7) is 6.00. The van der Waals surface area contributed by atoms with Gasteiger partial charge in [-0.3, -0.25) is 4.79 Å². The Kier molecular flexibility index (Phi) is 4.51. The van der Waals surface area contributed by atoms with Gasteiger partial charge in [0.1, 0.15) is 11.4 Å². The van der Waals surface area contributed by atoms with Crippen LogP contribution in [0.3, 0.4) is 0 Å². The van der Waals surface area contributed by atoms with Crippen LogP contribution in [-0.2, 0) is 4.79 Å². The van der Waals surface area contributed by atoms with Gasteiger partial charge in [0, 0.05) is 5.92 Å². The molecule has 4 rings (SSSR count). The smallest absolute Gasteiger partial charge is 0.223 e. The summed E-state index contributed by atoms with van der Waals surface area (Å²) in [7, 11) is 0. The molecule has 0 saturated heterocycles. The lowest BCUT2D eigenvalue weighted by molar-refractivity contribution is -0.126. The SMILES string of the molecule is Cc1c(O)cc(C(NC(=O)C2CCCC2)C23CCC(F)(CC2)C3)c(C)c1C. The molecule has 3 aliphatic carbocycles. The molecule has 3 fully saturated rings. The minimum Gasteiger partial charge on any atom is -0.508 e. The summed E-state index contributed by atoms with van der Waals surface area (Å²) in [6.07, 6.45) is 7.49. The van der Waals surface area contributed by atoms with E-state index in [-0.39, 0.29) is 29.0 Å². The number of phenolic OH excluding ortho intramolecular Hbond substituents is 1. The predicted octanol–water partition coefficient (Wildman–Crippen LogP) is 5.34. The Morgan fingerprint density at radius 3 is 2.30 bits per heavy atom. The quantitative estimate of drug-likeness (QED) is 0.749. The van der Waals surface area contributed by atoms with Crippen LogP contribution in [-0.4, -0.2) is 16.7 Å². The molecule has 1 aromatic carbocycles. The molecular formula is C23H32FNO2.